The second-order valence-corrected chi connectivity index (χ2v) is 6.45. The minimum Gasteiger partial charge on any atom is -0.468 e. The highest BCUT2D eigenvalue weighted by Gasteiger charge is 2.26. The maximum absolute atomic E-state index is 12.4. The fourth-order valence-electron chi connectivity index (χ4n) is 3.02. The summed E-state index contributed by atoms with van der Waals surface area (Å²) in [7, 11) is 2.14. The monoisotopic (exact) mass is 327 g/mol. The average Bonchev–Trinajstić information content (AvgIpc) is 3.11. The van der Waals surface area contributed by atoms with Crippen LogP contribution in [0.25, 0.3) is 0 Å². The van der Waals surface area contributed by atoms with Crippen LogP contribution in [0.15, 0.2) is 47.1 Å². The van der Waals surface area contributed by atoms with Crippen molar-refractivity contribution in [1.82, 2.24) is 15.1 Å². The Morgan fingerprint density at radius 2 is 1.88 bits per heavy atom. The largest absolute Gasteiger partial charge is 0.468 e. The number of benzene rings is 1. The first kappa shape index (κ1) is 16.7. The second-order valence-electron chi connectivity index (χ2n) is 6.45. The predicted octanol–water partition coefficient (Wildman–Crippen LogP) is 2.31. The Morgan fingerprint density at radius 3 is 2.50 bits per heavy atom. The zero-order valence-corrected chi connectivity index (χ0v) is 14.4. The van der Waals surface area contributed by atoms with Crippen LogP contribution < -0.4 is 5.32 Å². The maximum atomic E-state index is 12.4. The lowest BCUT2D eigenvalue weighted by Gasteiger charge is -2.37. The molecule has 1 aromatic heterocycles. The van der Waals surface area contributed by atoms with Crippen molar-refractivity contribution >= 4 is 5.91 Å². The van der Waals surface area contributed by atoms with Gasteiger partial charge in [0.1, 0.15) is 5.76 Å². The maximum Gasteiger partial charge on any atom is 0.251 e. The van der Waals surface area contributed by atoms with Crippen LogP contribution in [0.1, 0.15) is 27.7 Å². The molecule has 1 fully saturated rings. The van der Waals surface area contributed by atoms with Crippen LogP contribution in [0, 0.1) is 6.92 Å². The van der Waals surface area contributed by atoms with Gasteiger partial charge in [0, 0.05) is 38.3 Å². The minimum atomic E-state index is -0.0410. The van der Waals surface area contributed by atoms with E-state index in [-0.39, 0.29) is 11.9 Å². The summed E-state index contributed by atoms with van der Waals surface area (Å²) in [6.45, 7) is 6.57. The van der Waals surface area contributed by atoms with E-state index >= 15 is 0 Å². The molecule has 1 aliphatic heterocycles. The molecule has 1 saturated heterocycles. The van der Waals surface area contributed by atoms with Crippen LogP contribution in [0.5, 0.6) is 0 Å². The van der Waals surface area contributed by atoms with Crippen molar-refractivity contribution < 1.29 is 9.21 Å². The van der Waals surface area contributed by atoms with E-state index < -0.39 is 0 Å². The van der Waals surface area contributed by atoms with E-state index in [4.69, 9.17) is 4.42 Å². The fraction of sp³-hybridized carbons (Fsp3) is 0.421. The Balaban J connectivity index is 1.66. The Kier molecular flexibility index (Phi) is 5.33. The van der Waals surface area contributed by atoms with Gasteiger partial charge >= 0.3 is 0 Å². The number of amides is 1. The van der Waals surface area contributed by atoms with Gasteiger partial charge in [-0.1, -0.05) is 17.7 Å². The summed E-state index contributed by atoms with van der Waals surface area (Å²) >= 11 is 0. The molecule has 128 valence electrons. The molecule has 0 unspecified atom stereocenters. The summed E-state index contributed by atoms with van der Waals surface area (Å²) in [5.41, 5.74) is 1.84. The van der Waals surface area contributed by atoms with Crippen molar-refractivity contribution in [2.45, 2.75) is 13.0 Å². The smallest absolute Gasteiger partial charge is 0.251 e. The van der Waals surface area contributed by atoms with E-state index in [1.165, 1.54) is 0 Å². The summed E-state index contributed by atoms with van der Waals surface area (Å²) in [6.07, 6.45) is 1.69. The molecule has 1 N–H and O–H groups in total. The lowest BCUT2D eigenvalue weighted by atomic mass is 10.1. The summed E-state index contributed by atoms with van der Waals surface area (Å²) < 4.78 is 5.62. The zero-order chi connectivity index (χ0) is 16.9. The Hall–Kier alpha value is -2.11. The number of furan rings is 1. The van der Waals surface area contributed by atoms with Crippen LogP contribution >= 0.6 is 0 Å². The first-order valence-electron chi connectivity index (χ1n) is 8.44. The van der Waals surface area contributed by atoms with E-state index in [9.17, 15) is 4.79 Å². The van der Waals surface area contributed by atoms with Crippen molar-refractivity contribution in [3.05, 3.63) is 59.5 Å². The molecule has 0 aliphatic carbocycles. The molecule has 0 spiro atoms. The van der Waals surface area contributed by atoms with Gasteiger partial charge in [-0.25, -0.2) is 0 Å². The third-order valence-corrected chi connectivity index (χ3v) is 4.62. The van der Waals surface area contributed by atoms with Crippen LogP contribution in [-0.2, 0) is 0 Å². The molecule has 1 aromatic carbocycles. The lowest BCUT2D eigenvalue weighted by molar-refractivity contribution is 0.0851. The van der Waals surface area contributed by atoms with Gasteiger partial charge in [0.05, 0.1) is 12.3 Å². The van der Waals surface area contributed by atoms with Crippen molar-refractivity contribution in [2.24, 2.45) is 0 Å². The molecule has 0 saturated carbocycles. The number of carbonyl (C=O) groups excluding carboxylic acids is 1. The van der Waals surface area contributed by atoms with Gasteiger partial charge < -0.3 is 14.6 Å². The highest BCUT2D eigenvalue weighted by molar-refractivity contribution is 5.94. The number of hydrogen-bond acceptors (Lipinski definition) is 4. The van der Waals surface area contributed by atoms with Crippen molar-refractivity contribution in [3.8, 4) is 0 Å². The molecule has 3 rings (SSSR count). The lowest BCUT2D eigenvalue weighted by Crippen LogP contribution is -2.48. The Morgan fingerprint density at radius 1 is 1.17 bits per heavy atom. The van der Waals surface area contributed by atoms with Crippen LogP contribution in [-0.4, -0.2) is 55.5 Å². The normalized spacial score (nSPS) is 17.6. The predicted molar refractivity (Wildman–Crippen MR) is 94.0 cm³/mol. The van der Waals surface area contributed by atoms with Crippen molar-refractivity contribution in [2.75, 3.05) is 39.8 Å². The summed E-state index contributed by atoms with van der Waals surface area (Å²) in [5, 5.41) is 3.06. The van der Waals surface area contributed by atoms with Gasteiger partial charge in [-0.3, -0.25) is 9.69 Å². The number of likely N-dealkylation sites (N-methyl/N-ethyl adjacent to an activating group) is 1. The second kappa shape index (κ2) is 7.64. The number of nitrogens with zero attached hydrogens (tertiary/aromatic N) is 2. The molecule has 2 heterocycles. The standard InChI is InChI=1S/C19H25N3O2/c1-15-5-7-16(8-6-15)19(23)20-14-17(18-4-3-13-24-18)22-11-9-21(2)10-12-22/h3-8,13,17H,9-12,14H2,1-2H3,(H,20,23)/t17-/m1/s1. The highest BCUT2D eigenvalue weighted by Crippen LogP contribution is 2.22. The van der Waals surface area contributed by atoms with Crippen LogP contribution in [0.3, 0.4) is 0 Å². The molecule has 0 radical (unpaired) electrons. The Bertz CT molecular complexity index is 644. The minimum absolute atomic E-state index is 0.0410. The molecule has 1 aliphatic rings. The molecule has 0 bridgehead atoms. The molecule has 24 heavy (non-hydrogen) atoms. The Labute approximate surface area is 143 Å². The number of rotatable bonds is 5. The quantitative estimate of drug-likeness (QED) is 0.915. The first-order chi connectivity index (χ1) is 11.6. The molecule has 1 atom stereocenters. The van der Waals surface area contributed by atoms with Gasteiger partial charge in [0.25, 0.3) is 5.91 Å². The molecule has 1 amide bonds. The van der Waals surface area contributed by atoms with Gasteiger partial charge in [0.2, 0.25) is 0 Å². The molecule has 5 heteroatoms. The zero-order valence-electron chi connectivity index (χ0n) is 14.4. The fourth-order valence-corrected chi connectivity index (χ4v) is 3.02. The molecular weight excluding hydrogens is 302 g/mol. The third-order valence-electron chi connectivity index (χ3n) is 4.62. The van der Waals surface area contributed by atoms with Crippen LogP contribution in [0.2, 0.25) is 0 Å². The number of hydrogen-bond donors (Lipinski definition) is 1. The number of piperazine rings is 1. The molecular formula is C19H25N3O2. The number of carbonyl (C=O) groups is 1. The van der Waals surface area contributed by atoms with Crippen molar-refractivity contribution in [3.63, 3.8) is 0 Å². The van der Waals surface area contributed by atoms with Gasteiger partial charge in [-0.05, 0) is 38.2 Å². The van der Waals surface area contributed by atoms with Gasteiger partial charge in [-0.2, -0.15) is 0 Å². The number of aryl methyl sites for hydroxylation is 1. The van der Waals surface area contributed by atoms with Crippen molar-refractivity contribution in [1.29, 1.82) is 0 Å². The summed E-state index contributed by atoms with van der Waals surface area (Å²) in [5.74, 6) is 0.865. The van der Waals surface area contributed by atoms with E-state index in [0.717, 1.165) is 37.5 Å². The van der Waals surface area contributed by atoms with E-state index in [1.807, 2.05) is 43.3 Å². The summed E-state index contributed by atoms with van der Waals surface area (Å²) in [6, 6.07) is 11.6. The van der Waals surface area contributed by atoms with Crippen LogP contribution in [0.4, 0.5) is 0 Å². The van der Waals surface area contributed by atoms with E-state index in [1.54, 1.807) is 6.26 Å². The summed E-state index contributed by atoms with van der Waals surface area (Å²) in [4.78, 5) is 17.1. The van der Waals surface area contributed by atoms with Gasteiger partial charge in [-0.15, -0.1) is 0 Å². The van der Waals surface area contributed by atoms with Gasteiger partial charge in [0.15, 0.2) is 0 Å². The molecule has 5 nitrogen and oxygen atoms in total. The molecule has 2 aromatic rings. The topological polar surface area (TPSA) is 48.7 Å². The highest BCUT2D eigenvalue weighted by atomic mass is 16.3. The number of nitrogens with one attached hydrogen (secondary N) is 1. The average molecular weight is 327 g/mol. The van der Waals surface area contributed by atoms with E-state index in [0.29, 0.717) is 12.1 Å². The third kappa shape index (κ3) is 4.04. The van der Waals surface area contributed by atoms with E-state index in [2.05, 4.69) is 22.2 Å². The SMILES string of the molecule is Cc1ccc(C(=O)NC[C@H](c2ccco2)N2CCN(C)CC2)cc1. The first-order valence-corrected chi connectivity index (χ1v) is 8.44.